The van der Waals surface area contributed by atoms with E-state index in [9.17, 15) is 19.5 Å². The van der Waals surface area contributed by atoms with E-state index in [2.05, 4.69) is 15.3 Å². The van der Waals surface area contributed by atoms with Crippen LogP contribution in [0.1, 0.15) is 69.1 Å². The van der Waals surface area contributed by atoms with Gasteiger partial charge < -0.3 is 20.1 Å². The first-order chi connectivity index (χ1) is 14.7. The summed E-state index contributed by atoms with van der Waals surface area (Å²) in [6, 6.07) is 4.78. The lowest BCUT2D eigenvalue weighted by Gasteiger charge is -2.24. The topological polar surface area (TPSA) is 121 Å². The van der Waals surface area contributed by atoms with E-state index in [1.807, 2.05) is 20.8 Å². The summed E-state index contributed by atoms with van der Waals surface area (Å²) in [5.41, 5.74) is 0.451. The molecule has 2 aromatic rings. The van der Waals surface area contributed by atoms with E-state index in [1.54, 1.807) is 25.1 Å². The molecule has 8 nitrogen and oxygen atoms in total. The van der Waals surface area contributed by atoms with E-state index in [0.29, 0.717) is 47.8 Å². The Labute approximate surface area is 182 Å². The molecule has 1 heterocycles. The Morgan fingerprint density at radius 1 is 1.19 bits per heavy atom. The van der Waals surface area contributed by atoms with Gasteiger partial charge in [0.05, 0.1) is 17.9 Å². The van der Waals surface area contributed by atoms with Gasteiger partial charge in [0.15, 0.2) is 0 Å². The van der Waals surface area contributed by atoms with Gasteiger partial charge in [-0.1, -0.05) is 27.7 Å². The summed E-state index contributed by atoms with van der Waals surface area (Å²) in [5, 5.41) is 12.0. The highest BCUT2D eigenvalue weighted by Crippen LogP contribution is 2.29. The number of carboxylic acid groups (broad SMARTS) is 1. The third kappa shape index (κ3) is 5.31. The zero-order valence-corrected chi connectivity index (χ0v) is 18.8. The van der Waals surface area contributed by atoms with Crippen LogP contribution in [0, 0.1) is 0 Å². The number of aromatic nitrogens is 2. The van der Waals surface area contributed by atoms with Gasteiger partial charge in [0.25, 0.3) is 11.5 Å². The first kappa shape index (κ1) is 24.1. The van der Waals surface area contributed by atoms with Gasteiger partial charge >= 0.3 is 5.97 Å². The zero-order valence-electron chi connectivity index (χ0n) is 18.8. The normalized spacial score (nSPS) is 12.8. The number of H-pyrrole nitrogens is 1. The van der Waals surface area contributed by atoms with Gasteiger partial charge in [-0.3, -0.25) is 9.59 Å². The Bertz CT molecular complexity index is 1010. The molecule has 1 aromatic carbocycles. The van der Waals surface area contributed by atoms with Crippen LogP contribution in [-0.4, -0.2) is 39.1 Å². The standard InChI is InChI=1S/C23H31N3O5/c1-6-12-31-18-11-10-14(20(27)26-23(5,9-4)22(29)30)13-16(18)19-24-17(8-3)15(7-2)21(28)25-19/h10-11,13H,6-9,12H2,1-5H3,(H,26,27)(H,29,30)(H,24,25,28). The fraction of sp³-hybridized carbons (Fsp3) is 0.478. The highest BCUT2D eigenvalue weighted by Gasteiger charge is 2.33. The number of amides is 1. The molecule has 1 amide bonds. The van der Waals surface area contributed by atoms with Crippen molar-refractivity contribution in [3.8, 4) is 17.1 Å². The van der Waals surface area contributed by atoms with E-state index in [-0.39, 0.29) is 17.5 Å². The number of carboxylic acids is 1. The predicted octanol–water partition coefficient (Wildman–Crippen LogP) is 3.33. The lowest BCUT2D eigenvalue weighted by atomic mass is 9.98. The van der Waals surface area contributed by atoms with Gasteiger partial charge in [-0.05, 0) is 50.8 Å². The Balaban J connectivity index is 2.58. The summed E-state index contributed by atoms with van der Waals surface area (Å²) >= 11 is 0. The number of carbonyl (C=O) groups is 2. The van der Waals surface area contributed by atoms with Crippen LogP contribution in [0.2, 0.25) is 0 Å². The van der Waals surface area contributed by atoms with E-state index < -0.39 is 17.4 Å². The van der Waals surface area contributed by atoms with E-state index in [4.69, 9.17) is 4.74 Å². The molecule has 0 bridgehead atoms. The molecule has 1 atom stereocenters. The van der Waals surface area contributed by atoms with Crippen molar-refractivity contribution in [3.05, 3.63) is 45.4 Å². The average molecular weight is 430 g/mol. The summed E-state index contributed by atoms with van der Waals surface area (Å²) < 4.78 is 5.82. The number of hydrogen-bond acceptors (Lipinski definition) is 5. The molecule has 2 rings (SSSR count). The van der Waals surface area contributed by atoms with Crippen LogP contribution < -0.4 is 15.6 Å². The quantitative estimate of drug-likeness (QED) is 0.533. The molecule has 0 spiro atoms. The minimum absolute atomic E-state index is 0.218. The Kier molecular flexibility index (Phi) is 7.96. The third-order valence-corrected chi connectivity index (χ3v) is 5.32. The lowest BCUT2D eigenvalue weighted by molar-refractivity contribution is -0.143. The van der Waals surface area contributed by atoms with Crippen LogP contribution in [0.4, 0.5) is 0 Å². The number of benzene rings is 1. The minimum Gasteiger partial charge on any atom is -0.493 e. The van der Waals surface area contributed by atoms with Crippen LogP contribution in [-0.2, 0) is 17.6 Å². The average Bonchev–Trinajstić information content (AvgIpc) is 2.76. The number of aryl methyl sites for hydroxylation is 1. The number of rotatable bonds is 10. The van der Waals surface area contributed by atoms with E-state index >= 15 is 0 Å². The molecule has 0 radical (unpaired) electrons. The van der Waals surface area contributed by atoms with Crippen molar-refractivity contribution < 1.29 is 19.4 Å². The molecule has 168 valence electrons. The number of aromatic amines is 1. The van der Waals surface area contributed by atoms with Gasteiger partial charge in [0.1, 0.15) is 17.1 Å². The molecule has 0 aliphatic rings. The van der Waals surface area contributed by atoms with Crippen LogP contribution in [0.25, 0.3) is 11.4 Å². The lowest BCUT2D eigenvalue weighted by Crippen LogP contribution is -2.51. The number of nitrogens with zero attached hydrogens (tertiary/aromatic N) is 1. The smallest absolute Gasteiger partial charge is 0.329 e. The number of hydrogen-bond donors (Lipinski definition) is 3. The summed E-state index contributed by atoms with van der Waals surface area (Å²) in [4.78, 5) is 44.4. The van der Waals surface area contributed by atoms with Gasteiger partial charge in [-0.2, -0.15) is 0 Å². The monoisotopic (exact) mass is 429 g/mol. The Hall–Kier alpha value is -3.16. The highest BCUT2D eigenvalue weighted by molar-refractivity contribution is 5.99. The predicted molar refractivity (Wildman–Crippen MR) is 119 cm³/mol. The van der Waals surface area contributed by atoms with Crippen molar-refractivity contribution in [2.45, 2.75) is 65.8 Å². The third-order valence-electron chi connectivity index (χ3n) is 5.32. The second-order valence-corrected chi connectivity index (χ2v) is 7.55. The van der Waals surface area contributed by atoms with Gasteiger partial charge in [-0.15, -0.1) is 0 Å². The molecule has 0 saturated carbocycles. The molecule has 0 fully saturated rings. The molecule has 1 unspecified atom stereocenters. The van der Waals surface area contributed by atoms with Crippen molar-refractivity contribution in [2.24, 2.45) is 0 Å². The first-order valence-corrected chi connectivity index (χ1v) is 10.7. The summed E-state index contributed by atoms with van der Waals surface area (Å²) in [6.07, 6.45) is 2.18. The largest absolute Gasteiger partial charge is 0.493 e. The van der Waals surface area contributed by atoms with Gasteiger partial charge in [0, 0.05) is 11.1 Å². The van der Waals surface area contributed by atoms with Gasteiger partial charge in [0.2, 0.25) is 0 Å². The SMILES string of the molecule is CCCOc1ccc(C(=O)NC(C)(CC)C(=O)O)cc1-c1nc(CC)c(CC)c(=O)[nH]1. The second kappa shape index (κ2) is 10.2. The second-order valence-electron chi connectivity index (χ2n) is 7.55. The van der Waals surface area contributed by atoms with Crippen molar-refractivity contribution in [1.82, 2.24) is 15.3 Å². The number of nitrogens with one attached hydrogen (secondary N) is 2. The molecule has 3 N–H and O–H groups in total. The minimum atomic E-state index is -1.39. The molecular weight excluding hydrogens is 398 g/mol. The Morgan fingerprint density at radius 2 is 1.90 bits per heavy atom. The number of aliphatic carboxylic acids is 1. The van der Waals surface area contributed by atoms with Crippen molar-refractivity contribution in [2.75, 3.05) is 6.61 Å². The molecule has 0 saturated heterocycles. The van der Waals surface area contributed by atoms with E-state index in [1.165, 1.54) is 6.92 Å². The highest BCUT2D eigenvalue weighted by atomic mass is 16.5. The Morgan fingerprint density at radius 3 is 2.45 bits per heavy atom. The first-order valence-electron chi connectivity index (χ1n) is 10.7. The molecule has 0 aliphatic heterocycles. The van der Waals surface area contributed by atoms with Crippen molar-refractivity contribution in [1.29, 1.82) is 0 Å². The maximum Gasteiger partial charge on any atom is 0.329 e. The molecule has 8 heteroatoms. The maximum atomic E-state index is 12.8. The number of ether oxygens (including phenoxy) is 1. The van der Waals surface area contributed by atoms with Crippen LogP contribution >= 0.6 is 0 Å². The molecule has 1 aromatic heterocycles. The zero-order chi connectivity index (χ0) is 23.2. The maximum absolute atomic E-state index is 12.8. The summed E-state index contributed by atoms with van der Waals surface area (Å²) in [5.74, 6) is -0.834. The molecule has 0 aliphatic carbocycles. The van der Waals surface area contributed by atoms with Crippen LogP contribution in [0.5, 0.6) is 5.75 Å². The van der Waals surface area contributed by atoms with Crippen LogP contribution in [0.15, 0.2) is 23.0 Å². The molecular formula is C23H31N3O5. The van der Waals surface area contributed by atoms with Crippen LogP contribution in [0.3, 0.4) is 0 Å². The fourth-order valence-electron chi connectivity index (χ4n) is 3.14. The summed E-state index contributed by atoms with van der Waals surface area (Å²) in [7, 11) is 0. The van der Waals surface area contributed by atoms with Crippen molar-refractivity contribution >= 4 is 11.9 Å². The summed E-state index contributed by atoms with van der Waals surface area (Å²) in [6.45, 7) is 9.42. The molecule has 31 heavy (non-hydrogen) atoms. The van der Waals surface area contributed by atoms with Gasteiger partial charge in [-0.25, -0.2) is 9.78 Å². The van der Waals surface area contributed by atoms with Crippen molar-refractivity contribution in [3.63, 3.8) is 0 Å². The fourth-order valence-corrected chi connectivity index (χ4v) is 3.14. The van der Waals surface area contributed by atoms with E-state index in [0.717, 1.165) is 6.42 Å². The number of carbonyl (C=O) groups excluding carboxylic acids is 1.